The number of unbranched alkanes of at least 4 members (excludes halogenated alkanes) is 5. The number of hydrogen-bond donors (Lipinski definition) is 0. The van der Waals surface area contributed by atoms with Crippen molar-refractivity contribution in [3.8, 4) is 39.3 Å². The lowest BCUT2D eigenvalue weighted by Crippen LogP contribution is -2.09. The molecular weight excluding hydrogens is 440 g/mol. The van der Waals surface area contributed by atoms with Crippen LogP contribution in [0.3, 0.4) is 0 Å². The third-order valence-electron chi connectivity index (χ3n) is 6.60. The van der Waals surface area contributed by atoms with Crippen LogP contribution >= 0.6 is 0 Å². The first-order chi connectivity index (χ1) is 17.7. The largest absolute Gasteiger partial charge is 0.493 e. The third-order valence-corrected chi connectivity index (χ3v) is 6.60. The molecule has 3 nitrogen and oxygen atoms in total. The highest BCUT2D eigenvalue weighted by Crippen LogP contribution is 2.39. The quantitative estimate of drug-likeness (QED) is 0.190. The molecule has 186 valence electrons. The fourth-order valence-corrected chi connectivity index (χ4v) is 4.52. The molecule has 1 heterocycles. The molecule has 0 bridgehead atoms. The van der Waals surface area contributed by atoms with Crippen LogP contribution in [0, 0.1) is 0 Å². The average molecular weight is 479 g/mol. The SMILES string of the molecule is CCCCCCCCOc1ccccc1-c1cc(N(C)C)ccc1-c1cc(-c2ccccc2)ccn1. The molecule has 3 aromatic carbocycles. The summed E-state index contributed by atoms with van der Waals surface area (Å²) in [4.78, 5) is 6.92. The number of para-hydroxylation sites is 1. The van der Waals surface area contributed by atoms with Crippen LogP contribution in [0.1, 0.15) is 45.4 Å². The van der Waals surface area contributed by atoms with Crippen LogP contribution in [0.2, 0.25) is 0 Å². The Labute approximate surface area is 216 Å². The van der Waals surface area contributed by atoms with Gasteiger partial charge in [-0.15, -0.1) is 0 Å². The number of hydrogen-bond acceptors (Lipinski definition) is 3. The monoisotopic (exact) mass is 478 g/mol. The van der Waals surface area contributed by atoms with Crippen LogP contribution in [-0.2, 0) is 0 Å². The van der Waals surface area contributed by atoms with E-state index in [1.807, 2.05) is 12.3 Å². The Bertz CT molecular complexity index is 1230. The number of anilines is 1. The van der Waals surface area contributed by atoms with Crippen molar-refractivity contribution in [2.75, 3.05) is 25.6 Å². The zero-order valence-electron chi connectivity index (χ0n) is 21.9. The first kappa shape index (κ1) is 25.5. The maximum absolute atomic E-state index is 6.35. The highest BCUT2D eigenvalue weighted by atomic mass is 16.5. The van der Waals surface area contributed by atoms with Crippen molar-refractivity contribution in [1.82, 2.24) is 4.98 Å². The predicted octanol–water partition coefficient (Wildman–Crippen LogP) is 8.89. The third kappa shape index (κ3) is 6.54. The summed E-state index contributed by atoms with van der Waals surface area (Å²) in [6.45, 7) is 3.00. The second kappa shape index (κ2) is 12.9. The number of aromatic nitrogens is 1. The molecule has 0 aliphatic heterocycles. The second-order valence-electron chi connectivity index (χ2n) is 9.53. The van der Waals surface area contributed by atoms with Crippen LogP contribution in [0.25, 0.3) is 33.5 Å². The molecule has 0 aliphatic carbocycles. The van der Waals surface area contributed by atoms with Gasteiger partial charge in [-0.25, -0.2) is 0 Å². The van der Waals surface area contributed by atoms with E-state index in [1.54, 1.807) is 0 Å². The highest BCUT2D eigenvalue weighted by molar-refractivity contribution is 5.88. The zero-order chi connectivity index (χ0) is 25.2. The van der Waals surface area contributed by atoms with Crippen LogP contribution < -0.4 is 9.64 Å². The van der Waals surface area contributed by atoms with E-state index in [0.29, 0.717) is 0 Å². The minimum Gasteiger partial charge on any atom is -0.493 e. The fraction of sp³-hybridized carbons (Fsp3) is 0.303. The van der Waals surface area contributed by atoms with Gasteiger partial charge in [0.05, 0.1) is 12.3 Å². The fourth-order valence-electron chi connectivity index (χ4n) is 4.52. The normalized spacial score (nSPS) is 10.9. The van der Waals surface area contributed by atoms with Gasteiger partial charge in [-0.3, -0.25) is 4.98 Å². The molecule has 36 heavy (non-hydrogen) atoms. The molecule has 0 amide bonds. The lowest BCUT2D eigenvalue weighted by molar-refractivity contribution is 0.305. The van der Waals surface area contributed by atoms with Crippen molar-refractivity contribution in [3.63, 3.8) is 0 Å². The number of rotatable bonds is 12. The van der Waals surface area contributed by atoms with Gasteiger partial charge < -0.3 is 9.64 Å². The van der Waals surface area contributed by atoms with Crippen molar-refractivity contribution in [2.45, 2.75) is 45.4 Å². The number of benzene rings is 3. The summed E-state index contributed by atoms with van der Waals surface area (Å²) < 4.78 is 6.35. The van der Waals surface area contributed by atoms with Crippen LogP contribution in [0.5, 0.6) is 5.75 Å². The van der Waals surface area contributed by atoms with E-state index in [4.69, 9.17) is 9.72 Å². The van der Waals surface area contributed by atoms with Crippen molar-refractivity contribution < 1.29 is 4.74 Å². The molecule has 0 fully saturated rings. The summed E-state index contributed by atoms with van der Waals surface area (Å²) in [5, 5.41) is 0. The number of ether oxygens (including phenoxy) is 1. The molecule has 3 heteroatoms. The average Bonchev–Trinajstić information content (AvgIpc) is 2.93. The molecule has 0 saturated carbocycles. The summed E-state index contributed by atoms with van der Waals surface area (Å²) in [5.41, 5.74) is 7.81. The van der Waals surface area contributed by atoms with E-state index < -0.39 is 0 Å². The van der Waals surface area contributed by atoms with E-state index in [0.717, 1.165) is 52.4 Å². The first-order valence-electron chi connectivity index (χ1n) is 13.2. The van der Waals surface area contributed by atoms with E-state index >= 15 is 0 Å². The Hall–Kier alpha value is -3.59. The summed E-state index contributed by atoms with van der Waals surface area (Å²) >= 11 is 0. The smallest absolute Gasteiger partial charge is 0.127 e. The predicted molar refractivity (Wildman–Crippen MR) is 154 cm³/mol. The molecule has 0 N–H and O–H groups in total. The van der Waals surface area contributed by atoms with Gasteiger partial charge >= 0.3 is 0 Å². The van der Waals surface area contributed by atoms with E-state index in [-0.39, 0.29) is 0 Å². The Balaban J connectivity index is 1.66. The van der Waals surface area contributed by atoms with Gasteiger partial charge in [0, 0.05) is 37.1 Å². The topological polar surface area (TPSA) is 25.4 Å². The van der Waals surface area contributed by atoms with Crippen LogP contribution in [0.4, 0.5) is 5.69 Å². The summed E-state index contributed by atoms with van der Waals surface area (Å²) in [5.74, 6) is 0.933. The number of nitrogens with zero attached hydrogens (tertiary/aromatic N) is 2. The molecule has 0 radical (unpaired) electrons. The minimum absolute atomic E-state index is 0.744. The van der Waals surface area contributed by atoms with E-state index in [9.17, 15) is 0 Å². The van der Waals surface area contributed by atoms with Gasteiger partial charge in [-0.05, 0) is 53.4 Å². The van der Waals surface area contributed by atoms with Gasteiger partial charge in [0.2, 0.25) is 0 Å². The molecule has 4 aromatic rings. The van der Waals surface area contributed by atoms with Crippen molar-refractivity contribution in [2.24, 2.45) is 0 Å². The highest BCUT2D eigenvalue weighted by Gasteiger charge is 2.15. The molecule has 0 spiro atoms. The van der Waals surface area contributed by atoms with Crippen molar-refractivity contribution >= 4 is 5.69 Å². The van der Waals surface area contributed by atoms with Gasteiger partial charge in [-0.1, -0.05) is 93.6 Å². The first-order valence-corrected chi connectivity index (χ1v) is 13.2. The Morgan fingerprint density at radius 1 is 0.667 bits per heavy atom. The Morgan fingerprint density at radius 2 is 1.42 bits per heavy atom. The lowest BCUT2D eigenvalue weighted by atomic mass is 9.94. The lowest BCUT2D eigenvalue weighted by Gasteiger charge is -2.19. The van der Waals surface area contributed by atoms with E-state index in [2.05, 4.69) is 105 Å². The van der Waals surface area contributed by atoms with Crippen molar-refractivity contribution in [1.29, 1.82) is 0 Å². The van der Waals surface area contributed by atoms with Gasteiger partial charge in [0.25, 0.3) is 0 Å². The number of pyridine rings is 1. The van der Waals surface area contributed by atoms with Gasteiger partial charge in [0.15, 0.2) is 0 Å². The molecule has 4 rings (SSSR count). The summed E-state index contributed by atoms with van der Waals surface area (Å²) in [7, 11) is 4.15. The maximum Gasteiger partial charge on any atom is 0.127 e. The van der Waals surface area contributed by atoms with Gasteiger partial charge in [-0.2, -0.15) is 0 Å². The molecule has 0 aliphatic rings. The van der Waals surface area contributed by atoms with Crippen molar-refractivity contribution in [3.05, 3.63) is 91.1 Å². The Morgan fingerprint density at radius 3 is 2.22 bits per heavy atom. The van der Waals surface area contributed by atoms with Crippen LogP contribution in [-0.4, -0.2) is 25.7 Å². The maximum atomic E-state index is 6.35. The minimum atomic E-state index is 0.744. The molecule has 0 unspecified atom stereocenters. The zero-order valence-corrected chi connectivity index (χ0v) is 21.9. The second-order valence-corrected chi connectivity index (χ2v) is 9.53. The molecular formula is C33H38N2O. The van der Waals surface area contributed by atoms with E-state index in [1.165, 1.54) is 37.7 Å². The Kier molecular flexibility index (Phi) is 9.15. The summed E-state index contributed by atoms with van der Waals surface area (Å²) in [6, 6.07) is 29.7. The van der Waals surface area contributed by atoms with Gasteiger partial charge in [0.1, 0.15) is 5.75 Å². The van der Waals surface area contributed by atoms with Crippen LogP contribution in [0.15, 0.2) is 91.1 Å². The molecule has 1 aromatic heterocycles. The summed E-state index contributed by atoms with van der Waals surface area (Å²) in [6.07, 6.45) is 9.43. The molecule has 0 atom stereocenters. The molecule has 0 saturated heterocycles. The standard InChI is InChI=1S/C33H38N2O/c1-4-5-6-7-8-14-23-36-33-18-13-12-17-30(33)31-25-28(35(2)3)19-20-29(31)32-24-27(21-22-34-32)26-15-10-9-11-16-26/h9-13,15-22,24-25H,4-8,14,23H2,1-3H3.